The van der Waals surface area contributed by atoms with Gasteiger partial charge in [0.15, 0.2) is 0 Å². The Morgan fingerprint density at radius 3 is 2.50 bits per heavy atom. The number of hydrogen-bond donors (Lipinski definition) is 2. The largest absolute Gasteiger partial charge is 0.435 e. The van der Waals surface area contributed by atoms with Crippen LogP contribution in [0.25, 0.3) is 0 Å². The Morgan fingerprint density at radius 2 is 1.81 bits per heavy atom. The van der Waals surface area contributed by atoms with Gasteiger partial charge in [-0.15, -0.1) is 0 Å². The smallest absolute Gasteiger partial charge is 0.387 e. The molecule has 2 amide bonds. The molecule has 2 aromatic carbocycles. The quantitative estimate of drug-likeness (QED) is 0.791. The van der Waals surface area contributed by atoms with Crippen molar-refractivity contribution < 1.29 is 23.1 Å². The molecule has 138 valence electrons. The van der Waals surface area contributed by atoms with Crippen molar-refractivity contribution in [2.45, 2.75) is 32.9 Å². The molecule has 0 saturated heterocycles. The summed E-state index contributed by atoms with van der Waals surface area (Å²) < 4.78 is 28.9. The molecule has 0 fully saturated rings. The van der Waals surface area contributed by atoms with Gasteiger partial charge in [-0.2, -0.15) is 8.78 Å². The number of nitrogens with one attached hydrogen (secondary N) is 2. The van der Waals surface area contributed by atoms with Crippen LogP contribution in [0.2, 0.25) is 0 Å². The van der Waals surface area contributed by atoms with Gasteiger partial charge in [-0.1, -0.05) is 24.3 Å². The number of ether oxygens (including phenoxy) is 1. The third kappa shape index (κ3) is 5.84. The lowest BCUT2D eigenvalue weighted by molar-refractivity contribution is -0.115. The SMILES string of the molecule is CC(C)NC(=O)c1ccccc1NC(=O)Cc1cccc(OC(F)F)c1. The molecular weight excluding hydrogens is 342 g/mol. The fraction of sp³-hybridized carbons (Fsp3) is 0.263. The van der Waals surface area contributed by atoms with Gasteiger partial charge in [-0.3, -0.25) is 9.59 Å². The predicted octanol–water partition coefficient (Wildman–Crippen LogP) is 3.61. The molecule has 0 atom stereocenters. The number of amides is 2. The molecule has 0 aliphatic heterocycles. The van der Waals surface area contributed by atoms with Crippen LogP contribution in [0.3, 0.4) is 0 Å². The lowest BCUT2D eigenvalue weighted by Crippen LogP contribution is -2.31. The Balaban J connectivity index is 2.08. The summed E-state index contributed by atoms with van der Waals surface area (Å²) in [5.41, 5.74) is 1.25. The van der Waals surface area contributed by atoms with E-state index in [1.165, 1.54) is 18.2 Å². The van der Waals surface area contributed by atoms with E-state index < -0.39 is 6.61 Å². The van der Waals surface area contributed by atoms with Crippen molar-refractivity contribution >= 4 is 17.5 Å². The van der Waals surface area contributed by atoms with E-state index in [1.54, 1.807) is 30.3 Å². The van der Waals surface area contributed by atoms with Gasteiger partial charge < -0.3 is 15.4 Å². The van der Waals surface area contributed by atoms with E-state index in [9.17, 15) is 18.4 Å². The first-order chi connectivity index (χ1) is 12.3. The van der Waals surface area contributed by atoms with Crippen LogP contribution in [0.4, 0.5) is 14.5 Å². The monoisotopic (exact) mass is 362 g/mol. The van der Waals surface area contributed by atoms with Gasteiger partial charge in [0.25, 0.3) is 5.91 Å². The van der Waals surface area contributed by atoms with Crippen LogP contribution in [0.1, 0.15) is 29.8 Å². The summed E-state index contributed by atoms with van der Waals surface area (Å²) in [4.78, 5) is 24.5. The molecule has 0 saturated carbocycles. The Bertz CT molecular complexity index is 779. The minimum atomic E-state index is -2.93. The van der Waals surface area contributed by atoms with Gasteiger partial charge in [0, 0.05) is 6.04 Å². The number of carbonyl (C=O) groups is 2. The van der Waals surface area contributed by atoms with Crippen LogP contribution in [0.15, 0.2) is 48.5 Å². The molecule has 2 rings (SSSR count). The minimum Gasteiger partial charge on any atom is -0.435 e. The third-order valence-corrected chi connectivity index (χ3v) is 3.35. The summed E-state index contributed by atoms with van der Waals surface area (Å²) in [5, 5.41) is 5.45. The summed E-state index contributed by atoms with van der Waals surface area (Å²) in [7, 11) is 0. The van der Waals surface area contributed by atoms with Crippen LogP contribution >= 0.6 is 0 Å². The van der Waals surface area contributed by atoms with E-state index in [-0.39, 0.29) is 30.0 Å². The number of benzene rings is 2. The van der Waals surface area contributed by atoms with Crippen molar-refractivity contribution in [1.82, 2.24) is 5.32 Å². The normalized spacial score (nSPS) is 10.7. The molecule has 0 bridgehead atoms. The first kappa shape index (κ1) is 19.4. The van der Waals surface area contributed by atoms with E-state index in [2.05, 4.69) is 15.4 Å². The van der Waals surface area contributed by atoms with E-state index in [0.29, 0.717) is 16.8 Å². The highest BCUT2D eigenvalue weighted by Gasteiger charge is 2.14. The summed E-state index contributed by atoms with van der Waals surface area (Å²) in [6, 6.07) is 12.5. The van der Waals surface area contributed by atoms with Gasteiger partial charge in [-0.05, 0) is 43.7 Å². The molecule has 7 heteroatoms. The standard InChI is InChI=1S/C19H20F2N2O3/c1-12(2)22-18(25)15-8-3-4-9-16(15)23-17(24)11-13-6-5-7-14(10-13)26-19(20)21/h3-10,12,19H,11H2,1-2H3,(H,22,25)(H,23,24). The lowest BCUT2D eigenvalue weighted by atomic mass is 10.1. The van der Waals surface area contributed by atoms with Gasteiger partial charge in [-0.25, -0.2) is 0 Å². The maximum atomic E-state index is 12.3. The number of hydrogen-bond acceptors (Lipinski definition) is 3. The zero-order valence-corrected chi connectivity index (χ0v) is 14.5. The highest BCUT2D eigenvalue weighted by Crippen LogP contribution is 2.18. The van der Waals surface area contributed by atoms with Gasteiger partial charge >= 0.3 is 6.61 Å². The fourth-order valence-corrected chi connectivity index (χ4v) is 2.34. The Morgan fingerprint density at radius 1 is 1.08 bits per heavy atom. The molecule has 0 aromatic heterocycles. The summed E-state index contributed by atoms with van der Waals surface area (Å²) >= 11 is 0. The average molecular weight is 362 g/mol. The molecule has 2 aromatic rings. The maximum absolute atomic E-state index is 12.3. The topological polar surface area (TPSA) is 67.4 Å². The highest BCUT2D eigenvalue weighted by atomic mass is 19.3. The van der Waals surface area contributed by atoms with Crippen LogP contribution in [-0.4, -0.2) is 24.5 Å². The number of halogens is 2. The summed E-state index contributed by atoms with van der Waals surface area (Å²) in [5.74, 6) is -0.672. The van der Waals surface area contributed by atoms with E-state index >= 15 is 0 Å². The number of alkyl halides is 2. The zero-order valence-electron chi connectivity index (χ0n) is 14.5. The molecule has 5 nitrogen and oxygen atoms in total. The van der Waals surface area contributed by atoms with Crippen molar-refractivity contribution in [3.05, 3.63) is 59.7 Å². The summed E-state index contributed by atoms with van der Waals surface area (Å²) in [6.07, 6.45) is -0.0411. The Kier molecular flexibility index (Phi) is 6.66. The second kappa shape index (κ2) is 8.94. The molecule has 0 radical (unpaired) electrons. The van der Waals surface area contributed by atoms with Crippen molar-refractivity contribution in [3.8, 4) is 5.75 Å². The fourth-order valence-electron chi connectivity index (χ4n) is 2.34. The van der Waals surface area contributed by atoms with Crippen LogP contribution in [0, 0.1) is 0 Å². The number of rotatable bonds is 7. The first-order valence-corrected chi connectivity index (χ1v) is 8.08. The molecule has 0 heterocycles. The van der Waals surface area contributed by atoms with Crippen LogP contribution in [0.5, 0.6) is 5.75 Å². The Labute approximate surface area is 150 Å². The molecule has 26 heavy (non-hydrogen) atoms. The second-order valence-corrected chi connectivity index (χ2v) is 5.92. The van der Waals surface area contributed by atoms with Crippen molar-refractivity contribution in [1.29, 1.82) is 0 Å². The molecule has 0 aliphatic rings. The van der Waals surface area contributed by atoms with E-state index in [0.717, 1.165) is 0 Å². The summed E-state index contributed by atoms with van der Waals surface area (Å²) in [6.45, 7) is 0.756. The molecule has 2 N–H and O–H groups in total. The van der Waals surface area contributed by atoms with Gasteiger partial charge in [0.1, 0.15) is 5.75 Å². The lowest BCUT2D eigenvalue weighted by Gasteiger charge is -2.13. The number of anilines is 1. The van der Waals surface area contributed by atoms with Crippen LogP contribution in [-0.2, 0) is 11.2 Å². The van der Waals surface area contributed by atoms with Crippen molar-refractivity contribution in [2.75, 3.05) is 5.32 Å². The third-order valence-electron chi connectivity index (χ3n) is 3.35. The number of carbonyl (C=O) groups excluding carboxylic acids is 2. The van der Waals surface area contributed by atoms with Crippen molar-refractivity contribution in [2.24, 2.45) is 0 Å². The van der Waals surface area contributed by atoms with E-state index in [4.69, 9.17) is 0 Å². The van der Waals surface area contributed by atoms with E-state index in [1.807, 2.05) is 13.8 Å². The highest BCUT2D eigenvalue weighted by molar-refractivity contribution is 6.04. The average Bonchev–Trinajstić information content (AvgIpc) is 2.54. The molecule has 0 spiro atoms. The predicted molar refractivity (Wildman–Crippen MR) is 94.5 cm³/mol. The molecule has 0 unspecified atom stereocenters. The zero-order chi connectivity index (χ0) is 19.1. The minimum absolute atomic E-state index is 0.0120. The first-order valence-electron chi connectivity index (χ1n) is 8.08. The van der Waals surface area contributed by atoms with Crippen LogP contribution < -0.4 is 15.4 Å². The van der Waals surface area contributed by atoms with Gasteiger partial charge in [0.05, 0.1) is 17.7 Å². The second-order valence-electron chi connectivity index (χ2n) is 5.92. The van der Waals surface area contributed by atoms with Gasteiger partial charge in [0.2, 0.25) is 5.91 Å². The molecular formula is C19H20F2N2O3. The number of para-hydroxylation sites is 1. The maximum Gasteiger partial charge on any atom is 0.387 e. The Hall–Kier alpha value is -2.96. The van der Waals surface area contributed by atoms with Crippen molar-refractivity contribution in [3.63, 3.8) is 0 Å². The molecule has 0 aliphatic carbocycles.